The number of anilines is 1. The molecule has 0 aliphatic heterocycles. The second-order valence-corrected chi connectivity index (χ2v) is 13.6. The molecule has 1 N–H and O–H groups in total. The topological polar surface area (TPSA) is 86.8 Å². The van der Waals surface area contributed by atoms with Crippen molar-refractivity contribution in [3.05, 3.63) is 101 Å². The maximum atomic E-state index is 14.0. The predicted molar refractivity (Wildman–Crippen MR) is 169 cm³/mol. The van der Waals surface area contributed by atoms with Crippen LogP contribution in [0, 0.1) is 6.92 Å². The zero-order valence-corrected chi connectivity index (χ0v) is 26.4. The Morgan fingerprint density at radius 2 is 1.60 bits per heavy atom. The van der Waals surface area contributed by atoms with E-state index in [1.54, 1.807) is 4.90 Å². The van der Waals surface area contributed by atoms with Gasteiger partial charge in [-0.3, -0.25) is 13.9 Å². The van der Waals surface area contributed by atoms with Crippen LogP contribution >= 0.6 is 0 Å². The fraction of sp³-hybridized carbons (Fsp3) is 0.412. The van der Waals surface area contributed by atoms with Gasteiger partial charge in [0, 0.05) is 32.0 Å². The van der Waals surface area contributed by atoms with E-state index in [0.29, 0.717) is 0 Å². The summed E-state index contributed by atoms with van der Waals surface area (Å²) in [4.78, 5) is 29.3. The molecule has 0 saturated heterocycles. The third-order valence-corrected chi connectivity index (χ3v) is 9.25. The predicted octanol–water partition coefficient (Wildman–Crippen LogP) is 6.26. The number of hydrogen-bond donors (Lipinski definition) is 1. The summed E-state index contributed by atoms with van der Waals surface area (Å²) in [7, 11) is -3.96. The molecule has 0 heterocycles. The van der Waals surface area contributed by atoms with Crippen molar-refractivity contribution in [3.63, 3.8) is 0 Å². The summed E-state index contributed by atoms with van der Waals surface area (Å²) >= 11 is 0. The van der Waals surface area contributed by atoms with Gasteiger partial charge in [0.1, 0.15) is 6.04 Å². The van der Waals surface area contributed by atoms with Gasteiger partial charge < -0.3 is 10.2 Å². The highest BCUT2D eigenvalue weighted by atomic mass is 32.2. The lowest BCUT2D eigenvalue weighted by atomic mass is 10.0. The molecule has 11 heteroatoms. The van der Waals surface area contributed by atoms with Crippen molar-refractivity contribution in [2.75, 3.05) is 17.1 Å². The van der Waals surface area contributed by atoms with Crippen LogP contribution in [0.5, 0.6) is 0 Å². The zero-order valence-electron chi connectivity index (χ0n) is 25.6. The van der Waals surface area contributed by atoms with Crippen molar-refractivity contribution in [1.29, 1.82) is 0 Å². The van der Waals surface area contributed by atoms with Crippen LogP contribution in [0.1, 0.15) is 60.8 Å². The van der Waals surface area contributed by atoms with E-state index >= 15 is 0 Å². The van der Waals surface area contributed by atoms with E-state index in [4.69, 9.17) is 0 Å². The summed E-state index contributed by atoms with van der Waals surface area (Å²) in [5, 5.41) is 3.15. The molecule has 1 fully saturated rings. The number of sulfonamides is 1. The third-order valence-electron chi connectivity index (χ3n) is 8.06. The van der Waals surface area contributed by atoms with Crippen LogP contribution in [-0.2, 0) is 38.8 Å². The Balaban J connectivity index is 1.59. The molecule has 45 heavy (non-hydrogen) atoms. The molecule has 1 aliphatic carbocycles. The summed E-state index contributed by atoms with van der Waals surface area (Å²) in [6.45, 7) is 1.91. The number of carbonyl (C=O) groups is 2. The normalized spacial score (nSPS) is 14.6. The first-order chi connectivity index (χ1) is 21.3. The Hall–Kier alpha value is -3.86. The van der Waals surface area contributed by atoms with Crippen molar-refractivity contribution in [2.45, 2.75) is 76.7 Å². The van der Waals surface area contributed by atoms with Gasteiger partial charge in [0.15, 0.2) is 0 Å². The molecule has 2 amide bonds. The van der Waals surface area contributed by atoms with E-state index in [1.165, 1.54) is 6.07 Å². The third kappa shape index (κ3) is 9.81. The average Bonchev–Trinajstić information content (AvgIpc) is 3.50. The highest BCUT2D eigenvalue weighted by Crippen LogP contribution is 2.32. The molecule has 3 aromatic carbocycles. The Morgan fingerprint density at radius 1 is 0.933 bits per heavy atom. The summed E-state index contributed by atoms with van der Waals surface area (Å²) in [6.07, 6.45) is 0.316. The molecule has 7 nitrogen and oxygen atoms in total. The molecule has 0 bridgehead atoms. The Kier molecular flexibility index (Phi) is 11.3. The fourth-order valence-electron chi connectivity index (χ4n) is 5.65. The average molecular weight is 644 g/mol. The molecule has 4 rings (SSSR count). The number of nitrogens with zero attached hydrogens (tertiary/aromatic N) is 2. The number of aryl methyl sites for hydroxylation is 1. The van der Waals surface area contributed by atoms with Crippen molar-refractivity contribution >= 4 is 27.5 Å². The molecule has 1 aliphatic rings. The minimum Gasteiger partial charge on any atom is -0.352 e. The van der Waals surface area contributed by atoms with Crippen LogP contribution in [0.25, 0.3) is 0 Å². The highest BCUT2D eigenvalue weighted by Gasteiger charge is 2.33. The monoisotopic (exact) mass is 643 g/mol. The summed E-state index contributed by atoms with van der Waals surface area (Å²) < 4.78 is 66.2. The molecule has 0 radical (unpaired) electrons. The molecule has 3 aromatic rings. The number of rotatable bonds is 13. The first-order valence-corrected chi connectivity index (χ1v) is 17.0. The number of hydrogen-bond acceptors (Lipinski definition) is 4. The van der Waals surface area contributed by atoms with Gasteiger partial charge in [-0.2, -0.15) is 13.2 Å². The lowest BCUT2D eigenvalue weighted by Crippen LogP contribution is -2.52. The minimum atomic E-state index is -4.64. The quantitative estimate of drug-likeness (QED) is 0.238. The van der Waals surface area contributed by atoms with Crippen LogP contribution in [0.4, 0.5) is 18.9 Å². The maximum absolute atomic E-state index is 14.0. The van der Waals surface area contributed by atoms with E-state index in [0.717, 1.165) is 71.1 Å². The van der Waals surface area contributed by atoms with Gasteiger partial charge in [-0.25, -0.2) is 8.42 Å². The molecule has 0 unspecified atom stereocenters. The van der Waals surface area contributed by atoms with Gasteiger partial charge in [0.05, 0.1) is 17.5 Å². The number of halogens is 3. The van der Waals surface area contributed by atoms with Crippen molar-refractivity contribution in [3.8, 4) is 0 Å². The SMILES string of the molecule is Cc1ccc(CN(C(=O)CCCN(c2cccc(C(F)(F)F)c2)S(C)(=O)=O)[C@H](Cc2ccccc2)C(=O)NC2CCCC2)cc1. The maximum Gasteiger partial charge on any atom is 0.416 e. The molecule has 1 saturated carbocycles. The first kappa shape index (κ1) is 34.0. The van der Waals surface area contributed by atoms with Gasteiger partial charge in [0.25, 0.3) is 0 Å². The van der Waals surface area contributed by atoms with Crippen LogP contribution < -0.4 is 9.62 Å². The molecular weight excluding hydrogens is 603 g/mol. The van der Waals surface area contributed by atoms with Crippen LogP contribution in [0.2, 0.25) is 0 Å². The first-order valence-electron chi connectivity index (χ1n) is 15.2. The molecule has 0 spiro atoms. The minimum absolute atomic E-state index is 0.0366. The number of nitrogens with one attached hydrogen (secondary N) is 1. The summed E-state index contributed by atoms with van der Waals surface area (Å²) in [6, 6.07) is 20.5. The second kappa shape index (κ2) is 14.9. The van der Waals surface area contributed by atoms with Gasteiger partial charge >= 0.3 is 6.18 Å². The van der Waals surface area contributed by atoms with Crippen LogP contribution in [0.15, 0.2) is 78.9 Å². The Labute approximate surface area is 263 Å². The molecule has 242 valence electrons. The van der Waals surface area contributed by atoms with Crippen LogP contribution in [0.3, 0.4) is 0 Å². The smallest absolute Gasteiger partial charge is 0.352 e. The lowest BCUT2D eigenvalue weighted by molar-refractivity contribution is -0.141. The van der Waals surface area contributed by atoms with E-state index < -0.39 is 27.8 Å². The molecule has 1 atom stereocenters. The Bertz CT molecular complexity index is 1540. The number of alkyl halides is 3. The fourth-order valence-corrected chi connectivity index (χ4v) is 6.61. The zero-order chi connectivity index (χ0) is 32.6. The number of carbonyl (C=O) groups excluding carboxylic acids is 2. The molecule has 0 aromatic heterocycles. The van der Waals surface area contributed by atoms with Gasteiger partial charge in [-0.15, -0.1) is 0 Å². The van der Waals surface area contributed by atoms with Crippen molar-refractivity contribution in [1.82, 2.24) is 10.2 Å². The van der Waals surface area contributed by atoms with Crippen molar-refractivity contribution in [2.24, 2.45) is 0 Å². The van der Waals surface area contributed by atoms with E-state index in [1.807, 2.05) is 61.5 Å². The largest absolute Gasteiger partial charge is 0.416 e. The van der Waals surface area contributed by atoms with Gasteiger partial charge in [-0.05, 0) is 55.5 Å². The van der Waals surface area contributed by atoms with E-state index in [2.05, 4.69) is 5.32 Å². The molecular formula is C34H40F3N3O4S. The van der Waals surface area contributed by atoms with E-state index in [9.17, 15) is 31.2 Å². The number of benzene rings is 3. The Morgan fingerprint density at radius 3 is 2.22 bits per heavy atom. The van der Waals surface area contributed by atoms with Gasteiger partial charge in [-0.1, -0.05) is 79.1 Å². The van der Waals surface area contributed by atoms with Gasteiger partial charge in [0.2, 0.25) is 21.8 Å². The summed E-state index contributed by atoms with van der Waals surface area (Å²) in [5.74, 6) is -0.594. The van der Waals surface area contributed by atoms with Crippen molar-refractivity contribution < 1.29 is 31.2 Å². The summed E-state index contributed by atoms with van der Waals surface area (Å²) in [5.41, 5.74) is 1.67. The van der Waals surface area contributed by atoms with Crippen LogP contribution in [-0.4, -0.2) is 50.0 Å². The highest BCUT2D eigenvalue weighted by molar-refractivity contribution is 7.92. The lowest BCUT2D eigenvalue weighted by Gasteiger charge is -2.33. The number of amides is 2. The van der Waals surface area contributed by atoms with E-state index in [-0.39, 0.29) is 55.9 Å². The second-order valence-electron chi connectivity index (χ2n) is 11.7. The standard InChI is InChI=1S/C34H40F3N3O4S/c1-25-17-19-27(20-18-25)24-39(31(22-26-10-4-3-5-11-26)33(42)38-29-13-6-7-14-29)32(41)16-9-21-40(45(2,43)44)30-15-8-12-28(23-30)34(35,36)37/h3-5,8,10-12,15,17-20,23,29,31H,6-7,9,13-14,16,21-22,24H2,1-2H3,(H,38,42)/t31-/m1/s1.